The molecule has 0 saturated heterocycles. The first-order valence-electron chi connectivity index (χ1n) is 8.02. The zero-order valence-corrected chi connectivity index (χ0v) is 15.9. The number of nitrogens with one attached hydrogen (secondary N) is 1. The highest BCUT2D eigenvalue weighted by molar-refractivity contribution is 7.73. The molecule has 2 aromatic carbocycles. The second-order valence-corrected chi connectivity index (χ2v) is 7.29. The highest BCUT2D eigenvalue weighted by Crippen LogP contribution is 2.25. The quantitative estimate of drug-likeness (QED) is 0.550. The van der Waals surface area contributed by atoms with Gasteiger partial charge in [0.1, 0.15) is 12.3 Å². The molecule has 0 aliphatic carbocycles. The van der Waals surface area contributed by atoms with Gasteiger partial charge in [0.15, 0.2) is 3.95 Å². The van der Waals surface area contributed by atoms with E-state index in [0.29, 0.717) is 9.64 Å². The van der Waals surface area contributed by atoms with Crippen molar-refractivity contribution < 1.29 is 18.3 Å². The summed E-state index contributed by atoms with van der Waals surface area (Å²) in [6.45, 7) is -0.818. The van der Waals surface area contributed by atoms with Gasteiger partial charge < -0.3 is 14.6 Å². The number of amides is 1. The Morgan fingerprint density at radius 2 is 1.85 bits per heavy atom. The van der Waals surface area contributed by atoms with Gasteiger partial charge in [-0.2, -0.15) is 8.78 Å². The van der Waals surface area contributed by atoms with E-state index in [0.717, 1.165) is 16.8 Å². The van der Waals surface area contributed by atoms with Gasteiger partial charge in [0, 0.05) is 11.1 Å². The maximum Gasteiger partial charge on any atom is 0.387 e. The molecule has 3 rings (SSSR count). The molecule has 0 radical (unpaired) electrons. The first kappa shape index (κ1) is 19.2. The molecule has 1 heterocycles. The number of carbonyl (C=O) groups is 1. The monoisotopic (exact) mass is 406 g/mol. The number of hydrogen-bond acceptors (Lipinski definition) is 4. The minimum atomic E-state index is -2.88. The summed E-state index contributed by atoms with van der Waals surface area (Å²) in [4.78, 5) is 12.4. The van der Waals surface area contributed by atoms with Gasteiger partial charge in [0.2, 0.25) is 5.91 Å². The van der Waals surface area contributed by atoms with Crippen LogP contribution in [0.2, 0.25) is 0 Å². The Bertz CT molecular complexity index is 980. The third-order valence-corrected chi connectivity index (χ3v) is 5.07. The van der Waals surface area contributed by atoms with E-state index in [2.05, 4.69) is 10.1 Å². The summed E-state index contributed by atoms with van der Waals surface area (Å²) >= 11 is 6.75. The molecular weight excluding hydrogens is 390 g/mol. The van der Waals surface area contributed by atoms with Crippen LogP contribution in [-0.2, 0) is 11.3 Å². The number of hydrogen-bond donors (Lipinski definition) is 1. The molecule has 1 amide bonds. The summed E-state index contributed by atoms with van der Waals surface area (Å²) < 4.78 is 31.0. The topological polar surface area (TPSA) is 43.3 Å². The second kappa shape index (κ2) is 8.41. The summed E-state index contributed by atoms with van der Waals surface area (Å²) in [5.74, 6) is -0.231. The fourth-order valence-electron chi connectivity index (χ4n) is 2.49. The van der Waals surface area contributed by atoms with Crippen molar-refractivity contribution in [2.75, 3.05) is 5.32 Å². The molecule has 1 aromatic heterocycles. The highest BCUT2D eigenvalue weighted by Gasteiger charge is 2.12. The lowest BCUT2D eigenvalue weighted by Gasteiger charge is -2.11. The Kier molecular flexibility index (Phi) is 5.98. The number of benzene rings is 2. The molecule has 0 unspecified atom stereocenters. The maximum atomic E-state index is 12.4. The number of aryl methyl sites for hydroxylation is 1. The van der Waals surface area contributed by atoms with E-state index in [9.17, 15) is 13.6 Å². The van der Waals surface area contributed by atoms with Crippen molar-refractivity contribution in [3.8, 4) is 17.0 Å². The molecule has 1 N–H and O–H groups in total. The number of ether oxygens (including phenoxy) is 1. The molecule has 0 aliphatic rings. The predicted molar refractivity (Wildman–Crippen MR) is 105 cm³/mol. The maximum absolute atomic E-state index is 12.4. The van der Waals surface area contributed by atoms with Crippen LogP contribution < -0.4 is 10.1 Å². The van der Waals surface area contributed by atoms with Crippen LogP contribution in [0.3, 0.4) is 0 Å². The van der Waals surface area contributed by atoms with E-state index in [4.69, 9.17) is 12.2 Å². The number of alkyl halides is 2. The van der Waals surface area contributed by atoms with E-state index in [1.165, 1.54) is 35.6 Å². The number of thiazole rings is 1. The van der Waals surface area contributed by atoms with Gasteiger partial charge in [0.05, 0.1) is 5.69 Å². The lowest BCUT2D eigenvalue weighted by molar-refractivity contribution is -0.116. The van der Waals surface area contributed by atoms with Crippen molar-refractivity contribution in [1.29, 1.82) is 0 Å². The van der Waals surface area contributed by atoms with E-state index >= 15 is 0 Å². The zero-order chi connectivity index (χ0) is 19.4. The largest absolute Gasteiger partial charge is 0.435 e. The number of aromatic nitrogens is 1. The van der Waals surface area contributed by atoms with Crippen molar-refractivity contribution >= 4 is 35.1 Å². The molecule has 0 saturated carbocycles. The van der Waals surface area contributed by atoms with E-state index in [1.807, 2.05) is 36.6 Å². The first-order valence-corrected chi connectivity index (χ1v) is 9.31. The molecule has 27 heavy (non-hydrogen) atoms. The molecule has 0 bridgehead atoms. The second-order valence-electron chi connectivity index (χ2n) is 5.79. The molecule has 4 nitrogen and oxygen atoms in total. The average molecular weight is 406 g/mol. The molecule has 8 heteroatoms. The average Bonchev–Trinajstić information content (AvgIpc) is 2.97. The lowest BCUT2D eigenvalue weighted by atomic mass is 10.1. The number of rotatable bonds is 6. The van der Waals surface area contributed by atoms with Crippen molar-refractivity contribution in [3.05, 3.63) is 63.4 Å². The zero-order valence-electron chi connectivity index (χ0n) is 14.3. The summed E-state index contributed by atoms with van der Waals surface area (Å²) in [7, 11) is 0. The number of carbonyl (C=O) groups excluding carboxylic acids is 1. The third kappa shape index (κ3) is 4.99. The van der Waals surface area contributed by atoms with Gasteiger partial charge in [-0.05, 0) is 49.0 Å². The van der Waals surface area contributed by atoms with E-state index in [-0.39, 0.29) is 18.2 Å². The Morgan fingerprint density at radius 3 is 2.48 bits per heavy atom. The van der Waals surface area contributed by atoms with Crippen LogP contribution in [0.4, 0.5) is 14.5 Å². The lowest BCUT2D eigenvalue weighted by Crippen LogP contribution is -2.19. The van der Waals surface area contributed by atoms with Gasteiger partial charge in [-0.25, -0.2) is 0 Å². The Hall–Kier alpha value is -2.58. The summed E-state index contributed by atoms with van der Waals surface area (Å²) in [5, 5.41) is 4.66. The van der Waals surface area contributed by atoms with Gasteiger partial charge in [-0.3, -0.25) is 4.79 Å². The Morgan fingerprint density at radius 1 is 1.19 bits per heavy atom. The standard InChI is InChI=1S/C19H16F2N2O2S2/c1-12-2-4-13(5-3-12)16-11-27-19(26)23(16)10-17(24)22-14-6-8-15(9-7-14)25-18(20)21/h2-9,11,18H,10H2,1H3,(H,22,24). The SMILES string of the molecule is Cc1ccc(-c2csc(=S)n2CC(=O)Nc2ccc(OC(F)F)cc2)cc1. The van der Waals surface area contributed by atoms with Gasteiger partial charge in [-0.1, -0.05) is 29.8 Å². The van der Waals surface area contributed by atoms with Crippen molar-refractivity contribution in [3.63, 3.8) is 0 Å². The van der Waals surface area contributed by atoms with Crippen LogP contribution >= 0.6 is 23.6 Å². The fourth-order valence-corrected chi connectivity index (χ4v) is 3.57. The predicted octanol–water partition coefficient (Wildman–Crippen LogP) is 5.49. The third-order valence-electron chi connectivity index (χ3n) is 3.79. The summed E-state index contributed by atoms with van der Waals surface area (Å²) in [6.07, 6.45) is 0. The van der Waals surface area contributed by atoms with Gasteiger partial charge in [-0.15, -0.1) is 11.3 Å². The van der Waals surface area contributed by atoms with Crippen LogP contribution in [-0.4, -0.2) is 17.1 Å². The van der Waals surface area contributed by atoms with Crippen LogP contribution in [0.5, 0.6) is 5.75 Å². The Balaban J connectivity index is 1.72. The van der Waals surface area contributed by atoms with Crippen LogP contribution in [0.1, 0.15) is 5.56 Å². The molecule has 0 spiro atoms. The highest BCUT2D eigenvalue weighted by atomic mass is 32.1. The van der Waals surface area contributed by atoms with E-state index < -0.39 is 6.61 Å². The number of halogens is 2. The van der Waals surface area contributed by atoms with Crippen LogP contribution in [0.15, 0.2) is 53.9 Å². The van der Waals surface area contributed by atoms with Crippen LogP contribution in [0, 0.1) is 10.9 Å². The minimum absolute atomic E-state index is 0.0321. The fraction of sp³-hybridized carbons (Fsp3) is 0.158. The van der Waals surface area contributed by atoms with Crippen molar-refractivity contribution in [1.82, 2.24) is 4.57 Å². The van der Waals surface area contributed by atoms with Crippen molar-refractivity contribution in [2.45, 2.75) is 20.1 Å². The molecule has 0 atom stereocenters. The number of nitrogens with zero attached hydrogens (tertiary/aromatic N) is 1. The molecule has 0 aliphatic heterocycles. The minimum Gasteiger partial charge on any atom is -0.435 e. The molecule has 0 fully saturated rings. The van der Waals surface area contributed by atoms with E-state index in [1.54, 1.807) is 4.57 Å². The normalized spacial score (nSPS) is 10.8. The smallest absolute Gasteiger partial charge is 0.387 e. The number of anilines is 1. The summed E-state index contributed by atoms with van der Waals surface area (Å²) in [5.41, 5.74) is 3.49. The van der Waals surface area contributed by atoms with Crippen LogP contribution in [0.25, 0.3) is 11.3 Å². The molecular formula is C19H16F2N2O2S2. The first-order chi connectivity index (χ1) is 12.9. The molecule has 140 valence electrons. The van der Waals surface area contributed by atoms with Crippen molar-refractivity contribution in [2.24, 2.45) is 0 Å². The van der Waals surface area contributed by atoms with Gasteiger partial charge in [0.25, 0.3) is 0 Å². The Labute approximate surface area is 164 Å². The van der Waals surface area contributed by atoms with Gasteiger partial charge >= 0.3 is 6.61 Å². The molecule has 3 aromatic rings. The summed E-state index contributed by atoms with van der Waals surface area (Å²) in [6, 6.07) is 13.7.